The van der Waals surface area contributed by atoms with Crippen LogP contribution in [0.1, 0.15) is 21.5 Å². The zero-order valence-electron chi connectivity index (χ0n) is 18.1. The van der Waals surface area contributed by atoms with Gasteiger partial charge in [-0.2, -0.15) is 5.10 Å². The number of nitrogens with zero attached hydrogens (tertiary/aromatic N) is 1. The molecular weight excluding hydrogens is 422 g/mol. The summed E-state index contributed by atoms with van der Waals surface area (Å²) in [6, 6.07) is 20.0. The van der Waals surface area contributed by atoms with Crippen molar-refractivity contribution in [2.45, 2.75) is 0 Å². The van der Waals surface area contributed by atoms with Crippen LogP contribution in [-0.2, 0) is 4.79 Å². The summed E-state index contributed by atoms with van der Waals surface area (Å²) in [6.07, 6.45) is 2.85. The van der Waals surface area contributed by atoms with Crippen molar-refractivity contribution in [2.75, 3.05) is 14.2 Å². The number of benzene rings is 3. The molecule has 0 saturated carbocycles. The molecule has 0 aliphatic carbocycles. The average Bonchev–Trinajstić information content (AvgIpc) is 2.84. The van der Waals surface area contributed by atoms with Gasteiger partial charge in [0.1, 0.15) is 22.9 Å². The van der Waals surface area contributed by atoms with Gasteiger partial charge >= 0.3 is 0 Å². The topological polar surface area (TPSA) is 109 Å². The van der Waals surface area contributed by atoms with Gasteiger partial charge in [-0.1, -0.05) is 30.3 Å². The molecule has 8 nitrogen and oxygen atoms in total. The highest BCUT2D eigenvalue weighted by atomic mass is 16.5. The van der Waals surface area contributed by atoms with Gasteiger partial charge < -0.3 is 19.9 Å². The fourth-order valence-corrected chi connectivity index (χ4v) is 2.88. The summed E-state index contributed by atoms with van der Waals surface area (Å²) in [6.45, 7) is 0. The normalized spacial score (nSPS) is 11.2. The Balaban J connectivity index is 1.90. The van der Waals surface area contributed by atoms with Gasteiger partial charge in [0.25, 0.3) is 11.8 Å². The molecule has 0 atom stereocenters. The molecule has 3 rings (SSSR count). The van der Waals surface area contributed by atoms with Crippen molar-refractivity contribution in [1.82, 2.24) is 10.7 Å². The molecule has 0 unspecified atom stereocenters. The molecule has 0 radical (unpaired) electrons. The van der Waals surface area contributed by atoms with Gasteiger partial charge in [0.15, 0.2) is 0 Å². The Hall–Kier alpha value is -4.59. The van der Waals surface area contributed by atoms with Crippen molar-refractivity contribution in [3.63, 3.8) is 0 Å². The SMILES string of the molecule is COc1ccc(OC)c(/C=C(\NC(=O)c2ccccc2)C(=O)N/N=C/c2cccc(O)c2)c1. The van der Waals surface area contributed by atoms with E-state index in [-0.39, 0.29) is 11.4 Å². The van der Waals surface area contributed by atoms with Gasteiger partial charge in [-0.25, -0.2) is 5.43 Å². The lowest BCUT2D eigenvalue weighted by molar-refractivity contribution is -0.117. The second-order valence-corrected chi connectivity index (χ2v) is 6.78. The lowest BCUT2D eigenvalue weighted by Crippen LogP contribution is -2.32. The molecule has 2 amide bonds. The van der Waals surface area contributed by atoms with E-state index in [1.165, 1.54) is 38.6 Å². The first-order valence-corrected chi connectivity index (χ1v) is 9.92. The number of hydrogen-bond donors (Lipinski definition) is 3. The Kier molecular flexibility index (Phi) is 7.80. The summed E-state index contributed by atoms with van der Waals surface area (Å²) in [4.78, 5) is 25.6. The van der Waals surface area contributed by atoms with Gasteiger partial charge in [0.05, 0.1) is 20.4 Å². The second kappa shape index (κ2) is 11.1. The van der Waals surface area contributed by atoms with Crippen molar-refractivity contribution < 1.29 is 24.2 Å². The largest absolute Gasteiger partial charge is 0.508 e. The molecule has 168 valence electrons. The maximum atomic E-state index is 12.9. The van der Waals surface area contributed by atoms with E-state index in [0.29, 0.717) is 28.2 Å². The van der Waals surface area contributed by atoms with Gasteiger partial charge in [-0.05, 0) is 54.1 Å². The van der Waals surface area contributed by atoms with Crippen LogP contribution in [0.2, 0.25) is 0 Å². The van der Waals surface area contributed by atoms with Crippen LogP contribution >= 0.6 is 0 Å². The number of rotatable bonds is 8. The van der Waals surface area contributed by atoms with E-state index in [1.807, 2.05) is 0 Å². The summed E-state index contributed by atoms with van der Waals surface area (Å²) >= 11 is 0. The molecule has 3 aromatic rings. The van der Waals surface area contributed by atoms with E-state index in [2.05, 4.69) is 15.8 Å². The Morgan fingerprint density at radius 1 is 0.939 bits per heavy atom. The highest BCUT2D eigenvalue weighted by molar-refractivity contribution is 6.05. The number of phenols is 1. The average molecular weight is 445 g/mol. The Morgan fingerprint density at radius 2 is 1.73 bits per heavy atom. The molecule has 0 bridgehead atoms. The number of hydrogen-bond acceptors (Lipinski definition) is 6. The van der Waals surface area contributed by atoms with Crippen LogP contribution in [0.4, 0.5) is 0 Å². The Morgan fingerprint density at radius 3 is 2.42 bits per heavy atom. The predicted octanol–water partition coefficient (Wildman–Crippen LogP) is 3.33. The van der Waals surface area contributed by atoms with Crippen molar-refractivity contribution in [2.24, 2.45) is 5.10 Å². The van der Waals surface area contributed by atoms with Crippen LogP contribution in [-0.4, -0.2) is 37.4 Å². The molecule has 33 heavy (non-hydrogen) atoms. The molecule has 3 aromatic carbocycles. The predicted molar refractivity (Wildman–Crippen MR) is 125 cm³/mol. The molecule has 3 N–H and O–H groups in total. The molecule has 0 heterocycles. The zero-order chi connectivity index (χ0) is 23.6. The van der Waals surface area contributed by atoms with Crippen LogP contribution in [0, 0.1) is 0 Å². The van der Waals surface area contributed by atoms with Crippen LogP contribution in [0.3, 0.4) is 0 Å². The van der Waals surface area contributed by atoms with E-state index in [9.17, 15) is 14.7 Å². The minimum absolute atomic E-state index is 0.0523. The van der Waals surface area contributed by atoms with Crippen LogP contribution in [0.5, 0.6) is 17.2 Å². The number of phenolic OH excluding ortho intramolecular Hbond substituents is 1. The zero-order valence-corrected chi connectivity index (χ0v) is 18.1. The molecule has 0 saturated heterocycles. The first kappa shape index (κ1) is 23.1. The molecule has 0 aliphatic rings. The lowest BCUT2D eigenvalue weighted by atomic mass is 10.1. The number of hydrazone groups is 1. The van der Waals surface area contributed by atoms with Crippen molar-refractivity contribution in [1.29, 1.82) is 0 Å². The summed E-state index contributed by atoms with van der Waals surface area (Å²) < 4.78 is 10.6. The van der Waals surface area contributed by atoms with E-state index < -0.39 is 11.8 Å². The molecule has 0 spiro atoms. The van der Waals surface area contributed by atoms with Gasteiger partial charge in [0.2, 0.25) is 0 Å². The molecule has 0 aliphatic heterocycles. The standard InChI is InChI=1S/C25H23N3O5/c1-32-21-11-12-23(33-2)19(14-21)15-22(27-24(30)18-8-4-3-5-9-18)25(31)28-26-16-17-7-6-10-20(29)13-17/h3-16,29H,1-2H3,(H,27,30)(H,28,31)/b22-15-,26-16+. The maximum absolute atomic E-state index is 12.9. The number of methoxy groups -OCH3 is 2. The number of aromatic hydroxyl groups is 1. The minimum Gasteiger partial charge on any atom is -0.508 e. The molecular formula is C25H23N3O5. The first-order valence-electron chi connectivity index (χ1n) is 9.92. The first-order chi connectivity index (χ1) is 16.0. The number of carbonyl (C=O) groups is 2. The van der Waals surface area contributed by atoms with Gasteiger partial charge in [0, 0.05) is 11.1 Å². The van der Waals surface area contributed by atoms with E-state index in [0.717, 1.165) is 0 Å². The third-order valence-electron chi connectivity index (χ3n) is 4.52. The third kappa shape index (κ3) is 6.44. The van der Waals surface area contributed by atoms with E-state index in [1.54, 1.807) is 60.7 Å². The highest BCUT2D eigenvalue weighted by Gasteiger charge is 2.16. The van der Waals surface area contributed by atoms with Crippen LogP contribution in [0.15, 0.2) is 83.6 Å². The Labute approximate surface area is 191 Å². The Bertz CT molecular complexity index is 1190. The van der Waals surface area contributed by atoms with Gasteiger partial charge in [-0.15, -0.1) is 0 Å². The number of carbonyl (C=O) groups excluding carboxylic acids is 2. The highest BCUT2D eigenvalue weighted by Crippen LogP contribution is 2.26. The molecule has 0 aromatic heterocycles. The van der Waals surface area contributed by atoms with Gasteiger partial charge in [-0.3, -0.25) is 9.59 Å². The quantitative estimate of drug-likeness (QED) is 0.280. The van der Waals surface area contributed by atoms with E-state index in [4.69, 9.17) is 9.47 Å². The minimum atomic E-state index is -0.652. The third-order valence-corrected chi connectivity index (χ3v) is 4.52. The fourth-order valence-electron chi connectivity index (χ4n) is 2.88. The summed E-state index contributed by atoms with van der Waals surface area (Å²) in [5.74, 6) is -0.00101. The molecule has 0 fully saturated rings. The fraction of sp³-hybridized carbons (Fsp3) is 0.0800. The maximum Gasteiger partial charge on any atom is 0.287 e. The number of amides is 2. The summed E-state index contributed by atoms with van der Waals surface area (Å²) in [7, 11) is 3.03. The van der Waals surface area contributed by atoms with Crippen LogP contribution < -0.4 is 20.2 Å². The van der Waals surface area contributed by atoms with E-state index >= 15 is 0 Å². The smallest absolute Gasteiger partial charge is 0.287 e. The number of nitrogens with one attached hydrogen (secondary N) is 2. The summed E-state index contributed by atoms with van der Waals surface area (Å²) in [5.41, 5.74) is 3.83. The second-order valence-electron chi connectivity index (χ2n) is 6.78. The summed E-state index contributed by atoms with van der Waals surface area (Å²) in [5, 5.41) is 16.1. The van der Waals surface area contributed by atoms with Crippen LogP contribution in [0.25, 0.3) is 6.08 Å². The monoisotopic (exact) mass is 445 g/mol. The lowest BCUT2D eigenvalue weighted by Gasteiger charge is -2.12. The van der Waals surface area contributed by atoms with Crippen molar-refractivity contribution >= 4 is 24.1 Å². The molecule has 8 heteroatoms. The van der Waals surface area contributed by atoms with Crippen molar-refractivity contribution in [3.05, 3.63) is 95.2 Å². The van der Waals surface area contributed by atoms with Crippen molar-refractivity contribution in [3.8, 4) is 17.2 Å². The number of ether oxygens (including phenoxy) is 2.